The van der Waals surface area contributed by atoms with Gasteiger partial charge in [0.05, 0.1) is 4.90 Å². The highest BCUT2D eigenvalue weighted by molar-refractivity contribution is 7.92. The van der Waals surface area contributed by atoms with Crippen molar-refractivity contribution in [2.24, 2.45) is 0 Å². The van der Waals surface area contributed by atoms with E-state index >= 15 is 0 Å². The van der Waals surface area contributed by atoms with Crippen molar-refractivity contribution in [3.8, 4) is 11.4 Å². The molecule has 0 aliphatic heterocycles. The van der Waals surface area contributed by atoms with Crippen LogP contribution >= 0.6 is 11.6 Å². The second-order valence-corrected chi connectivity index (χ2v) is 7.43. The number of aromatic amines is 1. The van der Waals surface area contributed by atoms with Crippen molar-refractivity contribution in [3.63, 3.8) is 0 Å². The third-order valence-electron chi connectivity index (χ3n) is 3.41. The van der Waals surface area contributed by atoms with Crippen LogP contribution in [0.3, 0.4) is 0 Å². The van der Waals surface area contributed by atoms with E-state index < -0.39 is 10.0 Å². The summed E-state index contributed by atoms with van der Waals surface area (Å²) in [5.41, 5.74) is 1.75. The molecule has 1 heterocycles. The van der Waals surface area contributed by atoms with E-state index in [0.29, 0.717) is 33.5 Å². The minimum absolute atomic E-state index is 0.147. The molecule has 0 aliphatic carbocycles. The molecular formula is C16H15ClN4O2S. The van der Waals surface area contributed by atoms with Gasteiger partial charge in [-0.2, -0.15) is 5.10 Å². The number of nitrogens with one attached hydrogen (secondary N) is 2. The van der Waals surface area contributed by atoms with Gasteiger partial charge >= 0.3 is 0 Å². The van der Waals surface area contributed by atoms with Crippen LogP contribution in [0.5, 0.6) is 0 Å². The summed E-state index contributed by atoms with van der Waals surface area (Å²) in [6.07, 6.45) is 0. The third kappa shape index (κ3) is 3.42. The lowest BCUT2D eigenvalue weighted by molar-refractivity contribution is 0.600. The van der Waals surface area contributed by atoms with E-state index in [2.05, 4.69) is 19.9 Å². The van der Waals surface area contributed by atoms with Gasteiger partial charge in [0.25, 0.3) is 10.0 Å². The molecule has 0 spiro atoms. The Morgan fingerprint density at radius 2 is 1.92 bits per heavy atom. The molecule has 0 fully saturated rings. The van der Waals surface area contributed by atoms with Gasteiger partial charge < -0.3 is 0 Å². The Kier molecular flexibility index (Phi) is 4.29. The van der Waals surface area contributed by atoms with Crippen molar-refractivity contribution in [2.75, 3.05) is 4.72 Å². The van der Waals surface area contributed by atoms with Gasteiger partial charge in [-0.1, -0.05) is 29.8 Å². The fourth-order valence-corrected chi connectivity index (χ4v) is 3.83. The quantitative estimate of drug-likeness (QED) is 0.743. The van der Waals surface area contributed by atoms with Crippen LogP contribution in [0.1, 0.15) is 11.4 Å². The average molecular weight is 363 g/mol. The summed E-state index contributed by atoms with van der Waals surface area (Å²) < 4.78 is 27.8. The topological polar surface area (TPSA) is 87.7 Å². The van der Waals surface area contributed by atoms with Crippen molar-refractivity contribution < 1.29 is 8.42 Å². The Morgan fingerprint density at radius 3 is 2.62 bits per heavy atom. The van der Waals surface area contributed by atoms with Gasteiger partial charge in [0.15, 0.2) is 5.82 Å². The number of sulfonamides is 1. The molecular weight excluding hydrogens is 348 g/mol. The molecule has 0 bridgehead atoms. The van der Waals surface area contributed by atoms with Crippen LogP contribution in [0, 0.1) is 13.8 Å². The van der Waals surface area contributed by atoms with E-state index in [9.17, 15) is 8.42 Å². The Bertz CT molecular complexity index is 999. The van der Waals surface area contributed by atoms with Gasteiger partial charge in [0.2, 0.25) is 0 Å². The standard InChI is InChI=1S/C16H15ClN4O2S/c1-10-6-7-13(17)9-15(10)24(22,23)21-14-5-3-4-12(8-14)16-18-11(2)19-20-16/h3-9,21H,1-2H3,(H,18,19,20). The second kappa shape index (κ2) is 6.26. The molecule has 0 saturated carbocycles. The van der Waals surface area contributed by atoms with E-state index in [4.69, 9.17) is 11.6 Å². The predicted octanol–water partition coefficient (Wildman–Crippen LogP) is 3.54. The highest BCUT2D eigenvalue weighted by Crippen LogP contribution is 2.25. The minimum Gasteiger partial charge on any atom is -0.280 e. The number of nitrogens with zero attached hydrogens (tertiary/aromatic N) is 2. The summed E-state index contributed by atoms with van der Waals surface area (Å²) >= 11 is 5.92. The maximum absolute atomic E-state index is 12.6. The Morgan fingerprint density at radius 1 is 1.12 bits per heavy atom. The SMILES string of the molecule is Cc1nc(-c2cccc(NS(=O)(=O)c3cc(Cl)ccc3C)c2)n[nH]1. The van der Waals surface area contributed by atoms with E-state index in [-0.39, 0.29) is 4.90 Å². The fraction of sp³-hybridized carbons (Fsp3) is 0.125. The van der Waals surface area contributed by atoms with Gasteiger partial charge in [-0.3, -0.25) is 9.82 Å². The number of aromatic nitrogens is 3. The lowest BCUT2D eigenvalue weighted by Gasteiger charge is -2.11. The molecule has 6 nitrogen and oxygen atoms in total. The van der Waals surface area contributed by atoms with E-state index in [0.717, 1.165) is 0 Å². The van der Waals surface area contributed by atoms with Crippen LogP contribution < -0.4 is 4.72 Å². The first kappa shape index (κ1) is 16.5. The molecule has 0 amide bonds. The maximum Gasteiger partial charge on any atom is 0.262 e. The predicted molar refractivity (Wildman–Crippen MR) is 93.6 cm³/mol. The molecule has 2 aromatic carbocycles. The normalized spacial score (nSPS) is 11.5. The molecule has 24 heavy (non-hydrogen) atoms. The number of rotatable bonds is 4. The van der Waals surface area contributed by atoms with Crippen LogP contribution in [0.2, 0.25) is 5.02 Å². The molecule has 0 radical (unpaired) electrons. The monoisotopic (exact) mass is 362 g/mol. The average Bonchev–Trinajstić information content (AvgIpc) is 2.96. The first-order chi connectivity index (χ1) is 11.3. The largest absolute Gasteiger partial charge is 0.280 e. The Labute approximate surface area is 145 Å². The number of H-pyrrole nitrogens is 1. The summed E-state index contributed by atoms with van der Waals surface area (Å²) in [7, 11) is -3.74. The molecule has 0 atom stereocenters. The molecule has 0 saturated heterocycles. The molecule has 1 aromatic heterocycles. The van der Waals surface area contributed by atoms with Crippen molar-refractivity contribution in [3.05, 3.63) is 58.9 Å². The summed E-state index contributed by atoms with van der Waals surface area (Å²) in [5, 5.41) is 7.20. The number of hydrogen-bond donors (Lipinski definition) is 2. The zero-order chi connectivity index (χ0) is 17.3. The van der Waals surface area contributed by atoms with Gasteiger partial charge in [-0.15, -0.1) is 0 Å². The van der Waals surface area contributed by atoms with Crippen LogP contribution in [-0.4, -0.2) is 23.6 Å². The number of hydrogen-bond acceptors (Lipinski definition) is 4. The summed E-state index contributed by atoms with van der Waals surface area (Å²) in [4.78, 5) is 4.39. The number of anilines is 1. The fourth-order valence-electron chi connectivity index (χ4n) is 2.27. The molecule has 0 unspecified atom stereocenters. The molecule has 3 aromatic rings. The summed E-state index contributed by atoms with van der Waals surface area (Å²) in [6.45, 7) is 3.52. The first-order valence-electron chi connectivity index (χ1n) is 7.13. The van der Waals surface area contributed by atoms with Gasteiger partial charge in [-0.05, 0) is 43.7 Å². The van der Waals surface area contributed by atoms with Crippen molar-refractivity contribution >= 4 is 27.3 Å². The molecule has 2 N–H and O–H groups in total. The van der Waals surface area contributed by atoms with E-state index in [1.807, 2.05) is 6.07 Å². The maximum atomic E-state index is 12.6. The smallest absolute Gasteiger partial charge is 0.262 e. The van der Waals surface area contributed by atoms with Crippen molar-refractivity contribution in [2.45, 2.75) is 18.7 Å². The van der Waals surface area contributed by atoms with E-state index in [1.165, 1.54) is 6.07 Å². The lowest BCUT2D eigenvalue weighted by atomic mass is 10.2. The molecule has 0 aliphatic rings. The van der Waals surface area contributed by atoms with Crippen molar-refractivity contribution in [1.82, 2.24) is 15.2 Å². The summed E-state index contributed by atoms with van der Waals surface area (Å²) in [6, 6.07) is 11.7. The number of benzene rings is 2. The number of aryl methyl sites for hydroxylation is 2. The van der Waals surface area contributed by atoms with Crippen LogP contribution in [0.4, 0.5) is 5.69 Å². The Hall–Kier alpha value is -2.38. The highest BCUT2D eigenvalue weighted by atomic mass is 35.5. The molecule has 3 rings (SSSR count). The Balaban J connectivity index is 1.94. The van der Waals surface area contributed by atoms with Crippen molar-refractivity contribution in [1.29, 1.82) is 0 Å². The first-order valence-corrected chi connectivity index (χ1v) is 9.00. The van der Waals surface area contributed by atoms with Crippen LogP contribution in [0.15, 0.2) is 47.4 Å². The van der Waals surface area contributed by atoms with Gasteiger partial charge in [-0.25, -0.2) is 13.4 Å². The van der Waals surface area contributed by atoms with Crippen LogP contribution in [0.25, 0.3) is 11.4 Å². The lowest BCUT2D eigenvalue weighted by Crippen LogP contribution is -2.14. The van der Waals surface area contributed by atoms with Gasteiger partial charge in [0.1, 0.15) is 5.82 Å². The zero-order valence-corrected chi connectivity index (χ0v) is 14.6. The van der Waals surface area contributed by atoms with E-state index in [1.54, 1.807) is 44.2 Å². The zero-order valence-electron chi connectivity index (χ0n) is 13.0. The van der Waals surface area contributed by atoms with Gasteiger partial charge in [0, 0.05) is 16.3 Å². The third-order valence-corrected chi connectivity index (χ3v) is 5.17. The summed E-state index contributed by atoms with van der Waals surface area (Å²) in [5.74, 6) is 1.19. The molecule has 124 valence electrons. The van der Waals surface area contributed by atoms with Crippen LogP contribution in [-0.2, 0) is 10.0 Å². The number of halogens is 1. The highest BCUT2D eigenvalue weighted by Gasteiger charge is 2.18. The minimum atomic E-state index is -3.74. The second-order valence-electron chi connectivity index (χ2n) is 5.34. The molecule has 8 heteroatoms.